The van der Waals surface area contributed by atoms with Gasteiger partial charge in [0.2, 0.25) is 0 Å². The smallest absolute Gasteiger partial charge is 0.165 e. The summed E-state index contributed by atoms with van der Waals surface area (Å²) in [6.45, 7) is 2.86. The summed E-state index contributed by atoms with van der Waals surface area (Å²) >= 11 is 0. The second kappa shape index (κ2) is 5.63. The third-order valence-corrected chi connectivity index (χ3v) is 3.47. The van der Waals surface area contributed by atoms with Crippen molar-refractivity contribution in [3.05, 3.63) is 59.4 Å². The molecule has 0 heterocycles. The van der Waals surface area contributed by atoms with Gasteiger partial charge in [-0.3, -0.25) is 0 Å². The summed E-state index contributed by atoms with van der Waals surface area (Å²) in [4.78, 5) is 0. The minimum absolute atomic E-state index is 0.263. The Morgan fingerprint density at radius 1 is 1.15 bits per heavy atom. The van der Waals surface area contributed by atoms with Gasteiger partial charge in [-0.2, -0.15) is 0 Å². The number of aryl methyl sites for hydroxylation is 1. The van der Waals surface area contributed by atoms with Crippen LogP contribution < -0.4 is 10.1 Å². The molecule has 0 unspecified atom stereocenters. The first kappa shape index (κ1) is 13.1. The zero-order valence-electron chi connectivity index (χ0n) is 11.5. The van der Waals surface area contributed by atoms with Crippen molar-refractivity contribution in [3.63, 3.8) is 0 Å². The Balaban J connectivity index is 1.71. The van der Waals surface area contributed by atoms with Crippen LogP contribution in [-0.2, 0) is 6.54 Å². The molecule has 0 aliphatic heterocycles. The number of nitrogens with one attached hydrogen (secondary N) is 1. The van der Waals surface area contributed by atoms with Gasteiger partial charge in [-0.15, -0.1) is 0 Å². The highest BCUT2D eigenvalue weighted by Crippen LogP contribution is 2.28. The summed E-state index contributed by atoms with van der Waals surface area (Å²) in [6.07, 6.45) is 2.57. The number of benzene rings is 2. The van der Waals surface area contributed by atoms with Crippen molar-refractivity contribution in [2.24, 2.45) is 0 Å². The van der Waals surface area contributed by atoms with E-state index in [2.05, 4.69) is 11.4 Å². The maximum Gasteiger partial charge on any atom is 0.165 e. The molecule has 104 valence electrons. The molecule has 0 atom stereocenters. The summed E-state index contributed by atoms with van der Waals surface area (Å²) in [5.74, 6) is 0.621. The van der Waals surface area contributed by atoms with Crippen LogP contribution in [0.3, 0.4) is 0 Å². The molecule has 0 aromatic heterocycles. The molecule has 1 aliphatic carbocycles. The first-order valence-electron chi connectivity index (χ1n) is 6.97. The van der Waals surface area contributed by atoms with Gasteiger partial charge in [0.1, 0.15) is 5.75 Å². The third kappa shape index (κ3) is 3.17. The first-order chi connectivity index (χ1) is 9.72. The first-order valence-corrected chi connectivity index (χ1v) is 6.97. The monoisotopic (exact) mass is 271 g/mol. The standard InChI is InChI=1S/C17H18FNO/c1-12-10-13(11-19-14-7-8-14)6-9-16(12)20-17-5-3-2-4-15(17)18/h2-6,9-10,14,19H,7-8,11H2,1H3. The molecule has 0 spiro atoms. The van der Waals surface area contributed by atoms with Crippen molar-refractivity contribution < 1.29 is 9.13 Å². The van der Waals surface area contributed by atoms with E-state index < -0.39 is 0 Å². The van der Waals surface area contributed by atoms with E-state index in [4.69, 9.17) is 4.74 Å². The quantitative estimate of drug-likeness (QED) is 0.881. The van der Waals surface area contributed by atoms with Gasteiger partial charge in [0.15, 0.2) is 11.6 Å². The molecular formula is C17H18FNO. The van der Waals surface area contributed by atoms with Crippen LogP contribution in [0.5, 0.6) is 11.5 Å². The molecule has 0 saturated heterocycles. The van der Waals surface area contributed by atoms with Crippen LogP contribution in [-0.4, -0.2) is 6.04 Å². The number of hydrogen-bond acceptors (Lipinski definition) is 2. The van der Waals surface area contributed by atoms with Gasteiger partial charge in [0.05, 0.1) is 0 Å². The highest BCUT2D eigenvalue weighted by Gasteiger charge is 2.20. The molecule has 3 heteroatoms. The van der Waals surface area contributed by atoms with E-state index in [1.165, 1.54) is 24.5 Å². The van der Waals surface area contributed by atoms with Gasteiger partial charge in [-0.05, 0) is 49.1 Å². The zero-order chi connectivity index (χ0) is 13.9. The largest absolute Gasteiger partial charge is 0.454 e. The number of para-hydroxylation sites is 1. The molecule has 0 amide bonds. The Bertz CT molecular complexity index is 608. The molecule has 1 saturated carbocycles. The molecule has 1 fully saturated rings. The van der Waals surface area contributed by atoms with Crippen LogP contribution in [0.25, 0.3) is 0 Å². The van der Waals surface area contributed by atoms with Crippen molar-refractivity contribution in [1.82, 2.24) is 5.32 Å². The van der Waals surface area contributed by atoms with Crippen molar-refractivity contribution >= 4 is 0 Å². The summed E-state index contributed by atoms with van der Waals surface area (Å²) in [7, 11) is 0. The van der Waals surface area contributed by atoms with Crippen LogP contribution in [0.15, 0.2) is 42.5 Å². The average Bonchev–Trinajstić information content (AvgIpc) is 3.26. The van der Waals surface area contributed by atoms with Gasteiger partial charge in [-0.1, -0.05) is 24.3 Å². The highest BCUT2D eigenvalue weighted by atomic mass is 19.1. The molecular weight excluding hydrogens is 253 g/mol. The fourth-order valence-electron chi connectivity index (χ4n) is 2.13. The second-order valence-corrected chi connectivity index (χ2v) is 5.29. The van der Waals surface area contributed by atoms with Crippen molar-refractivity contribution in [3.8, 4) is 11.5 Å². The fourth-order valence-corrected chi connectivity index (χ4v) is 2.13. The van der Waals surface area contributed by atoms with Crippen LogP contribution in [0.4, 0.5) is 4.39 Å². The van der Waals surface area contributed by atoms with Crippen LogP contribution in [0.2, 0.25) is 0 Å². The maximum atomic E-state index is 13.6. The normalized spacial score (nSPS) is 14.3. The molecule has 2 nitrogen and oxygen atoms in total. The van der Waals surface area contributed by atoms with Gasteiger partial charge >= 0.3 is 0 Å². The van der Waals surface area contributed by atoms with Crippen LogP contribution in [0.1, 0.15) is 24.0 Å². The Morgan fingerprint density at radius 3 is 2.65 bits per heavy atom. The lowest BCUT2D eigenvalue weighted by Crippen LogP contribution is -2.15. The molecule has 2 aromatic rings. The molecule has 2 aromatic carbocycles. The molecule has 20 heavy (non-hydrogen) atoms. The Hall–Kier alpha value is -1.87. The predicted molar refractivity (Wildman–Crippen MR) is 77.5 cm³/mol. The number of ether oxygens (including phenoxy) is 1. The van der Waals surface area contributed by atoms with Gasteiger partial charge in [0.25, 0.3) is 0 Å². The predicted octanol–water partition coefficient (Wildman–Crippen LogP) is 4.18. The van der Waals surface area contributed by atoms with E-state index in [1.807, 2.05) is 19.1 Å². The number of halogens is 1. The summed E-state index contributed by atoms with van der Waals surface area (Å²) in [5, 5.41) is 3.48. The van der Waals surface area contributed by atoms with Crippen molar-refractivity contribution in [1.29, 1.82) is 0 Å². The molecule has 0 radical (unpaired) electrons. The van der Waals surface area contributed by atoms with Gasteiger partial charge in [-0.25, -0.2) is 4.39 Å². The summed E-state index contributed by atoms with van der Waals surface area (Å²) in [6, 6.07) is 13.2. The fraction of sp³-hybridized carbons (Fsp3) is 0.294. The SMILES string of the molecule is Cc1cc(CNC2CC2)ccc1Oc1ccccc1F. The van der Waals surface area contributed by atoms with E-state index in [1.54, 1.807) is 18.2 Å². The zero-order valence-corrected chi connectivity index (χ0v) is 11.5. The van der Waals surface area contributed by atoms with Crippen molar-refractivity contribution in [2.75, 3.05) is 0 Å². The summed E-state index contributed by atoms with van der Waals surface area (Å²) < 4.78 is 19.2. The van der Waals surface area contributed by atoms with Gasteiger partial charge in [0, 0.05) is 12.6 Å². The molecule has 3 rings (SSSR count). The lowest BCUT2D eigenvalue weighted by atomic mass is 10.1. The Kier molecular flexibility index (Phi) is 3.70. The lowest BCUT2D eigenvalue weighted by molar-refractivity contribution is 0.439. The van der Waals surface area contributed by atoms with E-state index in [9.17, 15) is 4.39 Å². The third-order valence-electron chi connectivity index (χ3n) is 3.47. The van der Waals surface area contributed by atoms with Crippen molar-refractivity contribution in [2.45, 2.75) is 32.4 Å². The second-order valence-electron chi connectivity index (χ2n) is 5.29. The molecule has 0 bridgehead atoms. The highest BCUT2D eigenvalue weighted by molar-refractivity contribution is 5.40. The van der Waals surface area contributed by atoms with E-state index >= 15 is 0 Å². The van der Waals surface area contributed by atoms with Crippen LogP contribution in [0, 0.1) is 12.7 Å². The van der Waals surface area contributed by atoms with Crippen LogP contribution >= 0.6 is 0 Å². The minimum atomic E-state index is -0.341. The average molecular weight is 271 g/mol. The molecule has 1 aliphatic rings. The topological polar surface area (TPSA) is 21.3 Å². The lowest BCUT2D eigenvalue weighted by Gasteiger charge is -2.11. The minimum Gasteiger partial charge on any atom is -0.454 e. The maximum absolute atomic E-state index is 13.6. The summed E-state index contributed by atoms with van der Waals surface area (Å²) in [5.41, 5.74) is 2.25. The Morgan fingerprint density at radius 2 is 1.95 bits per heavy atom. The number of rotatable bonds is 5. The van der Waals surface area contributed by atoms with E-state index in [-0.39, 0.29) is 11.6 Å². The van der Waals surface area contributed by atoms with E-state index in [0.717, 1.165) is 12.1 Å². The number of hydrogen-bond donors (Lipinski definition) is 1. The Labute approximate surface area is 118 Å². The van der Waals surface area contributed by atoms with E-state index in [0.29, 0.717) is 11.8 Å². The molecule has 1 N–H and O–H groups in total. The van der Waals surface area contributed by atoms with Gasteiger partial charge < -0.3 is 10.1 Å².